The molecule has 7 nitrogen and oxygen atoms in total. The number of carbonyl (C=O) groups excluding carboxylic acids is 2. The molecule has 1 aromatic carbocycles. The Balaban J connectivity index is 3.53. The van der Waals surface area contributed by atoms with Crippen LogP contribution in [-0.4, -0.2) is 44.8 Å². The summed E-state index contributed by atoms with van der Waals surface area (Å²) in [6.45, 7) is -0.607. The average Bonchev–Trinajstić information content (AvgIpc) is 2.65. The molecule has 29 heavy (non-hydrogen) atoms. The second kappa shape index (κ2) is 12.2. The molecule has 0 saturated heterocycles. The molecule has 1 aromatic rings. The van der Waals surface area contributed by atoms with Crippen LogP contribution in [0, 0.1) is 11.6 Å². The van der Waals surface area contributed by atoms with Gasteiger partial charge < -0.3 is 24.3 Å². The number of alkyl halides is 2. The molecule has 0 heterocycles. The van der Waals surface area contributed by atoms with Crippen LogP contribution in [0.15, 0.2) is 22.7 Å². The molecule has 0 unspecified atom stereocenters. The summed E-state index contributed by atoms with van der Waals surface area (Å²) in [7, 11) is 1.32. The van der Waals surface area contributed by atoms with E-state index in [0.717, 1.165) is 17.8 Å². The summed E-state index contributed by atoms with van der Waals surface area (Å²) in [6.07, 6.45) is 0. The lowest BCUT2D eigenvalue weighted by Crippen LogP contribution is -2.22. The predicted molar refractivity (Wildman–Crippen MR) is 96.4 cm³/mol. The molecule has 0 aliphatic carbocycles. The molecule has 0 bridgehead atoms. The zero-order valence-corrected chi connectivity index (χ0v) is 16.5. The number of hydrogen-bond donors (Lipinski definition) is 1. The average molecular weight is 441 g/mol. The summed E-state index contributed by atoms with van der Waals surface area (Å²) in [5.41, 5.74) is -1.07. The molecule has 12 heteroatoms. The van der Waals surface area contributed by atoms with Gasteiger partial charge in [-0.25, -0.2) is 14.0 Å². The number of rotatable bonds is 11. The van der Waals surface area contributed by atoms with E-state index in [9.17, 15) is 27.2 Å². The van der Waals surface area contributed by atoms with Crippen molar-refractivity contribution < 1.29 is 46.1 Å². The maximum atomic E-state index is 14.0. The van der Waals surface area contributed by atoms with Gasteiger partial charge >= 0.3 is 18.6 Å². The molecule has 0 saturated carbocycles. The Morgan fingerprint density at radius 1 is 1.10 bits per heavy atom. The first-order valence-corrected chi connectivity index (χ1v) is 9.15. The van der Waals surface area contributed by atoms with E-state index >= 15 is 0 Å². The maximum absolute atomic E-state index is 14.0. The first-order chi connectivity index (χ1) is 13.8. The molecule has 0 atom stereocenters. The highest BCUT2D eigenvalue weighted by molar-refractivity contribution is 8.03. The van der Waals surface area contributed by atoms with Crippen molar-refractivity contribution in [3.8, 4) is 5.75 Å². The van der Waals surface area contributed by atoms with E-state index in [1.807, 2.05) is 0 Å². The Morgan fingerprint density at radius 2 is 1.69 bits per heavy atom. The van der Waals surface area contributed by atoms with Crippen LogP contribution in [-0.2, 0) is 23.8 Å². The van der Waals surface area contributed by atoms with Crippen molar-refractivity contribution in [2.45, 2.75) is 20.5 Å². The topological polar surface area (TPSA) is 83.1 Å². The van der Waals surface area contributed by atoms with Crippen LogP contribution in [0.25, 0.3) is 0 Å². The lowest BCUT2D eigenvalue weighted by molar-refractivity contribution is -0.146. The molecule has 1 rings (SSSR count). The van der Waals surface area contributed by atoms with Gasteiger partial charge in [0.2, 0.25) is 5.82 Å². The second-order valence-electron chi connectivity index (χ2n) is 4.94. The number of anilines is 1. The van der Waals surface area contributed by atoms with Crippen LogP contribution in [0.3, 0.4) is 0 Å². The highest BCUT2D eigenvalue weighted by Gasteiger charge is 2.28. The van der Waals surface area contributed by atoms with Crippen molar-refractivity contribution >= 4 is 29.4 Å². The molecular formula is C17H19F4NO6S. The molecule has 0 radical (unpaired) electrons. The van der Waals surface area contributed by atoms with Gasteiger partial charge in [-0.2, -0.15) is 13.2 Å². The SMILES string of the molecule is CCOC(=O)C(C(=O)OCC)=C(Nc1ccc(F)c(F)c1OC(F)F)SCOC. The summed E-state index contributed by atoms with van der Waals surface area (Å²) in [6, 6.07) is 1.56. The van der Waals surface area contributed by atoms with Crippen LogP contribution in [0.5, 0.6) is 5.75 Å². The predicted octanol–water partition coefficient (Wildman–Crippen LogP) is 3.65. The summed E-state index contributed by atoms with van der Waals surface area (Å²) in [5.74, 6) is -6.49. The summed E-state index contributed by atoms with van der Waals surface area (Å²) >= 11 is 0.756. The van der Waals surface area contributed by atoms with E-state index < -0.39 is 47.2 Å². The minimum absolute atomic E-state index is 0.0745. The fourth-order valence-electron chi connectivity index (χ4n) is 1.92. The van der Waals surface area contributed by atoms with E-state index in [2.05, 4.69) is 10.1 Å². The zero-order chi connectivity index (χ0) is 22.0. The molecular weight excluding hydrogens is 422 g/mol. The van der Waals surface area contributed by atoms with Crippen molar-refractivity contribution in [2.24, 2.45) is 0 Å². The number of nitrogens with one attached hydrogen (secondary N) is 1. The third kappa shape index (κ3) is 7.13. The van der Waals surface area contributed by atoms with Gasteiger partial charge in [-0.05, 0) is 26.0 Å². The highest BCUT2D eigenvalue weighted by Crippen LogP contribution is 2.35. The quantitative estimate of drug-likeness (QED) is 0.139. The van der Waals surface area contributed by atoms with Crippen molar-refractivity contribution in [2.75, 3.05) is 31.6 Å². The molecule has 0 fully saturated rings. The number of carbonyl (C=O) groups is 2. The number of esters is 2. The molecule has 0 aliphatic heterocycles. The number of methoxy groups -OCH3 is 1. The number of thioether (sulfide) groups is 1. The number of ether oxygens (including phenoxy) is 4. The van der Waals surface area contributed by atoms with E-state index in [4.69, 9.17) is 14.2 Å². The Bertz CT molecular complexity index is 740. The highest BCUT2D eigenvalue weighted by atomic mass is 32.2. The first-order valence-electron chi connectivity index (χ1n) is 8.16. The number of benzene rings is 1. The Hall–Kier alpha value is -2.47. The monoisotopic (exact) mass is 441 g/mol. The molecule has 162 valence electrons. The summed E-state index contributed by atoms with van der Waals surface area (Å²) < 4.78 is 71.3. The van der Waals surface area contributed by atoms with Crippen LogP contribution in [0.4, 0.5) is 23.2 Å². The molecule has 0 aromatic heterocycles. The second-order valence-corrected chi connectivity index (χ2v) is 5.87. The summed E-state index contributed by atoms with van der Waals surface area (Å²) in [5, 5.41) is 2.17. The Kier molecular flexibility index (Phi) is 10.3. The van der Waals surface area contributed by atoms with Crippen LogP contribution in [0.2, 0.25) is 0 Å². The minimum atomic E-state index is -3.46. The Morgan fingerprint density at radius 3 is 2.17 bits per heavy atom. The van der Waals surface area contributed by atoms with Crippen molar-refractivity contribution in [3.05, 3.63) is 34.4 Å². The van der Waals surface area contributed by atoms with Crippen LogP contribution >= 0.6 is 11.8 Å². The minimum Gasteiger partial charge on any atom is -0.462 e. The molecule has 0 aliphatic rings. The smallest absolute Gasteiger partial charge is 0.387 e. The van der Waals surface area contributed by atoms with E-state index in [-0.39, 0.29) is 24.2 Å². The van der Waals surface area contributed by atoms with Gasteiger partial charge in [0.25, 0.3) is 0 Å². The van der Waals surface area contributed by atoms with E-state index in [0.29, 0.717) is 6.07 Å². The Labute approximate surface area is 168 Å². The van der Waals surface area contributed by atoms with Crippen molar-refractivity contribution in [1.82, 2.24) is 0 Å². The molecule has 0 spiro atoms. The molecule has 0 amide bonds. The lowest BCUT2D eigenvalue weighted by Gasteiger charge is -2.18. The maximum Gasteiger partial charge on any atom is 0.387 e. The zero-order valence-electron chi connectivity index (χ0n) is 15.7. The fraction of sp³-hybridized carbons (Fsp3) is 0.412. The van der Waals surface area contributed by atoms with Gasteiger partial charge in [0, 0.05) is 7.11 Å². The van der Waals surface area contributed by atoms with Crippen molar-refractivity contribution in [1.29, 1.82) is 0 Å². The summed E-state index contributed by atoms with van der Waals surface area (Å²) in [4.78, 5) is 24.6. The van der Waals surface area contributed by atoms with Crippen molar-refractivity contribution in [3.63, 3.8) is 0 Å². The number of halogens is 4. The standard InChI is InChI=1S/C17H19F4NO6S/c1-4-26-15(23)11(16(24)27-5-2)14(29-8-25-3)22-10-7-6-9(18)12(19)13(10)28-17(20)21/h6-7,17,22H,4-5,8H2,1-3H3. The van der Waals surface area contributed by atoms with Gasteiger partial charge in [0.1, 0.15) is 0 Å². The third-order valence-electron chi connectivity index (χ3n) is 3.01. The molecule has 1 N–H and O–H groups in total. The van der Waals surface area contributed by atoms with Gasteiger partial charge in [-0.1, -0.05) is 11.8 Å². The van der Waals surface area contributed by atoms with Gasteiger partial charge in [0.05, 0.1) is 29.9 Å². The van der Waals surface area contributed by atoms with Crippen LogP contribution in [0.1, 0.15) is 13.8 Å². The van der Waals surface area contributed by atoms with Crippen LogP contribution < -0.4 is 10.1 Å². The largest absolute Gasteiger partial charge is 0.462 e. The fourth-order valence-corrected chi connectivity index (χ4v) is 2.65. The first kappa shape index (κ1) is 24.6. The lowest BCUT2D eigenvalue weighted by atomic mass is 10.2. The number of hydrogen-bond acceptors (Lipinski definition) is 8. The normalized spacial score (nSPS) is 10.5. The van der Waals surface area contributed by atoms with Gasteiger partial charge in [-0.3, -0.25) is 0 Å². The van der Waals surface area contributed by atoms with E-state index in [1.165, 1.54) is 21.0 Å². The van der Waals surface area contributed by atoms with Gasteiger partial charge in [0.15, 0.2) is 17.1 Å². The third-order valence-corrected chi connectivity index (χ3v) is 3.96. The van der Waals surface area contributed by atoms with E-state index in [1.54, 1.807) is 0 Å². The van der Waals surface area contributed by atoms with Gasteiger partial charge in [-0.15, -0.1) is 0 Å².